The first-order valence-electron chi connectivity index (χ1n) is 6.24. The fraction of sp³-hybridized carbons (Fsp3) is 0.200. The number of nitrogens with one attached hydrogen (secondary N) is 1. The molecule has 0 unspecified atom stereocenters. The Morgan fingerprint density at radius 1 is 1.35 bits per heavy atom. The standard InChI is InChI=1S/C15H15BrN2O2/c1-11-3-2-4-13(9-11)20-8-7-17-15(19)12-5-6-14(16)18-10-12/h2-6,9-10H,7-8H2,1H3,(H,17,19). The number of pyridine rings is 1. The van der Waals surface area contributed by atoms with Crippen LogP contribution in [0.2, 0.25) is 0 Å². The fourth-order valence-corrected chi connectivity index (χ4v) is 1.89. The van der Waals surface area contributed by atoms with Gasteiger partial charge in [0.2, 0.25) is 0 Å². The summed E-state index contributed by atoms with van der Waals surface area (Å²) in [5, 5.41) is 2.78. The number of hydrogen-bond acceptors (Lipinski definition) is 3. The second kappa shape index (κ2) is 7.05. The van der Waals surface area contributed by atoms with Crippen LogP contribution < -0.4 is 10.1 Å². The molecule has 0 fully saturated rings. The topological polar surface area (TPSA) is 51.2 Å². The second-order valence-electron chi connectivity index (χ2n) is 4.29. The zero-order chi connectivity index (χ0) is 14.4. The highest BCUT2D eigenvalue weighted by Crippen LogP contribution is 2.11. The summed E-state index contributed by atoms with van der Waals surface area (Å²) in [6.07, 6.45) is 1.53. The van der Waals surface area contributed by atoms with Crippen molar-refractivity contribution in [1.82, 2.24) is 10.3 Å². The highest BCUT2D eigenvalue weighted by atomic mass is 79.9. The summed E-state index contributed by atoms with van der Waals surface area (Å²) in [7, 11) is 0. The maximum Gasteiger partial charge on any atom is 0.252 e. The molecule has 104 valence electrons. The number of carbonyl (C=O) groups excluding carboxylic acids is 1. The Bertz CT molecular complexity index is 585. The first kappa shape index (κ1) is 14.5. The highest BCUT2D eigenvalue weighted by Gasteiger charge is 2.04. The van der Waals surface area contributed by atoms with Crippen LogP contribution in [0.1, 0.15) is 15.9 Å². The monoisotopic (exact) mass is 334 g/mol. The summed E-state index contributed by atoms with van der Waals surface area (Å²) in [6.45, 7) is 2.89. The molecule has 0 bridgehead atoms. The summed E-state index contributed by atoms with van der Waals surface area (Å²) < 4.78 is 6.26. The molecule has 1 aromatic carbocycles. The summed E-state index contributed by atoms with van der Waals surface area (Å²) in [5.41, 5.74) is 1.68. The summed E-state index contributed by atoms with van der Waals surface area (Å²) in [6, 6.07) is 11.3. The van der Waals surface area contributed by atoms with Crippen molar-refractivity contribution >= 4 is 21.8 Å². The van der Waals surface area contributed by atoms with Gasteiger partial charge in [-0.2, -0.15) is 0 Å². The minimum absolute atomic E-state index is 0.155. The number of hydrogen-bond donors (Lipinski definition) is 1. The van der Waals surface area contributed by atoms with Gasteiger partial charge in [0, 0.05) is 6.20 Å². The molecule has 0 radical (unpaired) electrons. The van der Waals surface area contributed by atoms with Crippen LogP contribution in [-0.2, 0) is 0 Å². The van der Waals surface area contributed by atoms with Gasteiger partial charge in [-0.3, -0.25) is 4.79 Å². The molecule has 2 rings (SSSR count). The number of aromatic nitrogens is 1. The zero-order valence-corrected chi connectivity index (χ0v) is 12.7. The van der Waals surface area contributed by atoms with E-state index in [0.717, 1.165) is 11.3 Å². The smallest absolute Gasteiger partial charge is 0.252 e. The number of nitrogens with zero attached hydrogens (tertiary/aromatic N) is 1. The molecule has 1 aromatic heterocycles. The van der Waals surface area contributed by atoms with Gasteiger partial charge in [-0.15, -0.1) is 0 Å². The van der Waals surface area contributed by atoms with E-state index in [9.17, 15) is 4.79 Å². The largest absolute Gasteiger partial charge is 0.492 e. The maximum atomic E-state index is 11.8. The molecule has 0 spiro atoms. The maximum absolute atomic E-state index is 11.8. The fourth-order valence-electron chi connectivity index (χ4n) is 1.65. The number of aryl methyl sites for hydroxylation is 1. The SMILES string of the molecule is Cc1cccc(OCCNC(=O)c2ccc(Br)nc2)c1. The predicted octanol–water partition coefficient (Wildman–Crippen LogP) is 2.96. The van der Waals surface area contributed by atoms with Crippen LogP contribution in [0.4, 0.5) is 0 Å². The summed E-state index contributed by atoms with van der Waals surface area (Å²) in [5.74, 6) is 0.655. The van der Waals surface area contributed by atoms with Crippen molar-refractivity contribution in [2.75, 3.05) is 13.2 Å². The Kier molecular flexibility index (Phi) is 5.12. The van der Waals surface area contributed by atoms with Crippen LogP contribution in [0.5, 0.6) is 5.75 Å². The van der Waals surface area contributed by atoms with E-state index in [-0.39, 0.29) is 5.91 Å². The average Bonchev–Trinajstić information content (AvgIpc) is 2.44. The Balaban J connectivity index is 1.76. The number of benzene rings is 1. The van der Waals surface area contributed by atoms with Gasteiger partial charge < -0.3 is 10.1 Å². The molecule has 20 heavy (non-hydrogen) atoms. The van der Waals surface area contributed by atoms with Crippen LogP contribution in [0.15, 0.2) is 47.2 Å². The van der Waals surface area contributed by atoms with Gasteiger partial charge in [-0.1, -0.05) is 12.1 Å². The quantitative estimate of drug-likeness (QED) is 0.675. The van der Waals surface area contributed by atoms with Crippen LogP contribution in [0, 0.1) is 6.92 Å². The van der Waals surface area contributed by atoms with Crippen molar-refractivity contribution in [2.24, 2.45) is 0 Å². The van der Waals surface area contributed by atoms with E-state index >= 15 is 0 Å². The molecule has 0 saturated heterocycles. The molecule has 5 heteroatoms. The lowest BCUT2D eigenvalue weighted by Gasteiger charge is -2.08. The number of rotatable bonds is 5. The van der Waals surface area contributed by atoms with Crippen molar-refractivity contribution in [2.45, 2.75) is 6.92 Å². The molecule has 1 N–H and O–H groups in total. The lowest BCUT2D eigenvalue weighted by molar-refractivity contribution is 0.0946. The van der Waals surface area contributed by atoms with Crippen LogP contribution in [-0.4, -0.2) is 24.0 Å². The van der Waals surface area contributed by atoms with Gasteiger partial charge >= 0.3 is 0 Å². The Hall–Kier alpha value is -1.88. The van der Waals surface area contributed by atoms with Crippen molar-refractivity contribution < 1.29 is 9.53 Å². The number of halogens is 1. The van der Waals surface area contributed by atoms with Gasteiger partial charge in [-0.25, -0.2) is 4.98 Å². The molecule has 0 saturated carbocycles. The first-order valence-corrected chi connectivity index (χ1v) is 7.03. The molecule has 0 aliphatic rings. The van der Waals surface area contributed by atoms with Crippen LogP contribution >= 0.6 is 15.9 Å². The Labute approximate surface area is 126 Å². The van der Waals surface area contributed by atoms with Crippen molar-refractivity contribution in [3.8, 4) is 5.75 Å². The molecule has 0 atom stereocenters. The zero-order valence-electron chi connectivity index (χ0n) is 11.1. The van der Waals surface area contributed by atoms with E-state index < -0.39 is 0 Å². The first-order chi connectivity index (χ1) is 9.65. The molecule has 0 aliphatic heterocycles. The summed E-state index contributed by atoms with van der Waals surface area (Å²) in [4.78, 5) is 15.8. The van der Waals surface area contributed by atoms with Gasteiger partial charge in [-0.05, 0) is 52.7 Å². The van der Waals surface area contributed by atoms with E-state index in [0.29, 0.717) is 23.3 Å². The van der Waals surface area contributed by atoms with E-state index in [4.69, 9.17) is 4.74 Å². The molecule has 0 aliphatic carbocycles. The molecule has 2 aromatic rings. The van der Waals surface area contributed by atoms with Crippen LogP contribution in [0.25, 0.3) is 0 Å². The third-order valence-corrected chi connectivity index (χ3v) is 3.10. The molecule has 4 nitrogen and oxygen atoms in total. The lowest BCUT2D eigenvalue weighted by Crippen LogP contribution is -2.28. The van der Waals surface area contributed by atoms with E-state index in [1.165, 1.54) is 6.20 Å². The highest BCUT2D eigenvalue weighted by molar-refractivity contribution is 9.10. The van der Waals surface area contributed by atoms with Crippen LogP contribution in [0.3, 0.4) is 0 Å². The number of carbonyl (C=O) groups is 1. The minimum atomic E-state index is -0.155. The van der Waals surface area contributed by atoms with E-state index in [1.54, 1.807) is 12.1 Å². The number of ether oxygens (including phenoxy) is 1. The lowest BCUT2D eigenvalue weighted by atomic mass is 10.2. The van der Waals surface area contributed by atoms with Gasteiger partial charge in [0.15, 0.2) is 0 Å². The van der Waals surface area contributed by atoms with Gasteiger partial charge in [0.25, 0.3) is 5.91 Å². The van der Waals surface area contributed by atoms with E-state index in [2.05, 4.69) is 26.2 Å². The Morgan fingerprint density at radius 2 is 2.20 bits per heavy atom. The third-order valence-electron chi connectivity index (χ3n) is 2.64. The molecule has 1 amide bonds. The predicted molar refractivity (Wildman–Crippen MR) is 80.9 cm³/mol. The second-order valence-corrected chi connectivity index (χ2v) is 5.10. The number of amides is 1. The summed E-state index contributed by atoms with van der Waals surface area (Å²) >= 11 is 3.23. The third kappa shape index (κ3) is 4.35. The van der Waals surface area contributed by atoms with Crippen molar-refractivity contribution in [3.05, 3.63) is 58.3 Å². The van der Waals surface area contributed by atoms with Crippen molar-refractivity contribution in [3.63, 3.8) is 0 Å². The molecular weight excluding hydrogens is 320 g/mol. The molecule has 1 heterocycles. The molecular formula is C15H15BrN2O2. The van der Waals surface area contributed by atoms with Gasteiger partial charge in [0.1, 0.15) is 17.0 Å². The average molecular weight is 335 g/mol. The normalized spacial score (nSPS) is 10.1. The van der Waals surface area contributed by atoms with Crippen molar-refractivity contribution in [1.29, 1.82) is 0 Å². The Morgan fingerprint density at radius 3 is 2.90 bits per heavy atom. The minimum Gasteiger partial charge on any atom is -0.492 e. The van der Waals surface area contributed by atoms with E-state index in [1.807, 2.05) is 31.2 Å². The van der Waals surface area contributed by atoms with Gasteiger partial charge in [0.05, 0.1) is 12.1 Å².